The molecule has 3 N–H and O–H groups in total. The molecule has 0 unspecified atom stereocenters. The Morgan fingerprint density at radius 2 is 2.29 bits per heavy atom. The van der Waals surface area contributed by atoms with E-state index >= 15 is 0 Å². The van der Waals surface area contributed by atoms with E-state index in [4.69, 9.17) is 9.72 Å². The van der Waals surface area contributed by atoms with Crippen molar-refractivity contribution in [2.75, 3.05) is 39.4 Å². The van der Waals surface area contributed by atoms with Crippen LogP contribution in [-0.2, 0) is 24.0 Å². The third-order valence-electron chi connectivity index (χ3n) is 4.11. The number of β-amino-alcohol motifs (C(OH)–C–C–N with tert-alkyl or cyclic N) is 1. The lowest BCUT2D eigenvalue weighted by Crippen LogP contribution is -2.50. The monoisotopic (exact) mass is 311 g/mol. The molecule has 1 aliphatic heterocycles. The predicted octanol–water partition coefficient (Wildman–Crippen LogP) is 0.505. The van der Waals surface area contributed by atoms with Crippen molar-refractivity contribution >= 4 is 11.3 Å². The molecule has 0 radical (unpaired) electrons. The van der Waals surface area contributed by atoms with E-state index in [1.165, 1.54) is 34.8 Å². The number of nitrogens with one attached hydrogen (secondary N) is 2. The van der Waals surface area contributed by atoms with Crippen molar-refractivity contribution in [2.24, 2.45) is 0 Å². The average Bonchev–Trinajstić information content (AvgIpc) is 2.78. The minimum atomic E-state index is -0.793. The molecule has 1 saturated heterocycles. The molecular formula is C15H25N3O2S. The van der Waals surface area contributed by atoms with Gasteiger partial charge in [0.25, 0.3) is 0 Å². The van der Waals surface area contributed by atoms with Crippen molar-refractivity contribution < 1.29 is 9.84 Å². The lowest BCUT2D eigenvalue weighted by Gasteiger charge is -2.26. The zero-order valence-corrected chi connectivity index (χ0v) is 13.3. The molecule has 1 atom stereocenters. The smallest absolute Gasteiger partial charge is 0.113 e. The number of fused-ring (bicyclic) bond motifs is 1. The second-order valence-electron chi connectivity index (χ2n) is 6.07. The maximum Gasteiger partial charge on any atom is 0.113 e. The highest BCUT2D eigenvalue weighted by molar-refractivity contribution is 7.11. The summed E-state index contributed by atoms with van der Waals surface area (Å²) in [5, 5.41) is 18.2. The lowest BCUT2D eigenvalue weighted by molar-refractivity contribution is -0.0260. The average molecular weight is 311 g/mol. The summed E-state index contributed by atoms with van der Waals surface area (Å²) < 4.78 is 5.42. The Morgan fingerprint density at radius 1 is 1.38 bits per heavy atom. The summed E-state index contributed by atoms with van der Waals surface area (Å²) >= 11 is 1.87. The van der Waals surface area contributed by atoms with Crippen molar-refractivity contribution in [3.8, 4) is 0 Å². The van der Waals surface area contributed by atoms with E-state index in [1.807, 2.05) is 11.3 Å². The normalized spacial score (nSPS) is 26.3. The van der Waals surface area contributed by atoms with Crippen LogP contribution in [0.4, 0.5) is 0 Å². The van der Waals surface area contributed by atoms with E-state index in [2.05, 4.69) is 10.6 Å². The Kier molecular flexibility index (Phi) is 5.24. The topological polar surface area (TPSA) is 66.4 Å². The van der Waals surface area contributed by atoms with Gasteiger partial charge < -0.3 is 20.5 Å². The summed E-state index contributed by atoms with van der Waals surface area (Å²) in [6.07, 6.45) is 5.91. The highest BCUT2D eigenvalue weighted by atomic mass is 32.1. The largest absolute Gasteiger partial charge is 0.385 e. The molecule has 6 heteroatoms. The highest BCUT2D eigenvalue weighted by Gasteiger charge is 2.28. The molecule has 0 bridgehead atoms. The molecule has 0 aromatic carbocycles. The van der Waals surface area contributed by atoms with Gasteiger partial charge >= 0.3 is 0 Å². The van der Waals surface area contributed by atoms with E-state index < -0.39 is 5.60 Å². The molecule has 1 aliphatic carbocycles. The first-order valence-corrected chi connectivity index (χ1v) is 8.76. The molecule has 3 rings (SSSR count). The number of nitrogens with zero attached hydrogens (tertiary/aromatic N) is 1. The van der Waals surface area contributed by atoms with Gasteiger partial charge in [-0.2, -0.15) is 0 Å². The van der Waals surface area contributed by atoms with Crippen LogP contribution in [0.25, 0.3) is 0 Å². The standard InChI is InChI=1S/C15H25N3O2S/c19-15(10-17-7-8-20-11-15)9-16-6-5-14-18-12-3-1-2-4-13(12)21-14/h16-17,19H,1-11H2/t15-/m1/s1. The van der Waals surface area contributed by atoms with Crippen molar-refractivity contribution in [1.82, 2.24) is 15.6 Å². The molecule has 118 valence electrons. The maximum absolute atomic E-state index is 10.4. The summed E-state index contributed by atoms with van der Waals surface area (Å²) in [6.45, 7) is 3.89. The van der Waals surface area contributed by atoms with Gasteiger partial charge in [0.15, 0.2) is 0 Å². The summed E-state index contributed by atoms with van der Waals surface area (Å²) in [5.74, 6) is 0. The number of rotatable bonds is 5. The van der Waals surface area contributed by atoms with Crippen LogP contribution in [-0.4, -0.2) is 55.1 Å². The van der Waals surface area contributed by atoms with Gasteiger partial charge in [0.2, 0.25) is 0 Å². The molecule has 2 heterocycles. The number of ether oxygens (including phenoxy) is 1. The summed E-state index contributed by atoms with van der Waals surface area (Å²) in [6, 6.07) is 0. The molecule has 0 spiro atoms. The number of aryl methyl sites for hydroxylation is 2. The van der Waals surface area contributed by atoms with Crippen LogP contribution in [0.15, 0.2) is 0 Å². The van der Waals surface area contributed by atoms with Gasteiger partial charge in [-0.3, -0.25) is 0 Å². The fourth-order valence-electron chi connectivity index (χ4n) is 2.92. The molecular weight excluding hydrogens is 286 g/mol. The predicted molar refractivity (Wildman–Crippen MR) is 84.0 cm³/mol. The second kappa shape index (κ2) is 7.15. The number of hydrogen-bond acceptors (Lipinski definition) is 6. The van der Waals surface area contributed by atoms with Crippen LogP contribution >= 0.6 is 11.3 Å². The summed E-state index contributed by atoms with van der Waals surface area (Å²) in [4.78, 5) is 6.24. The quantitative estimate of drug-likeness (QED) is 0.691. The van der Waals surface area contributed by atoms with Gasteiger partial charge in [-0.05, 0) is 25.7 Å². The van der Waals surface area contributed by atoms with Gasteiger partial charge in [0.05, 0.1) is 23.9 Å². The molecule has 1 aromatic heterocycles. The molecule has 2 aliphatic rings. The molecule has 0 amide bonds. The molecule has 1 fully saturated rings. The zero-order valence-electron chi connectivity index (χ0n) is 12.5. The Labute approximate surface area is 130 Å². The number of aromatic nitrogens is 1. The lowest BCUT2D eigenvalue weighted by atomic mass is 10.0. The fraction of sp³-hybridized carbons (Fsp3) is 0.800. The Balaban J connectivity index is 1.42. The summed E-state index contributed by atoms with van der Waals surface area (Å²) in [7, 11) is 0. The van der Waals surface area contributed by atoms with Gasteiger partial charge in [0.1, 0.15) is 5.60 Å². The minimum Gasteiger partial charge on any atom is -0.385 e. The fourth-order valence-corrected chi connectivity index (χ4v) is 4.08. The van der Waals surface area contributed by atoms with E-state index in [1.54, 1.807) is 0 Å². The third-order valence-corrected chi connectivity index (χ3v) is 5.32. The SMILES string of the molecule is O[C@]1(CNCCc2nc3c(s2)CCCC3)CNCCOC1. The van der Waals surface area contributed by atoms with Crippen LogP contribution in [0.5, 0.6) is 0 Å². The number of thiazole rings is 1. The Bertz CT molecular complexity index is 432. The molecule has 0 saturated carbocycles. The number of hydrogen-bond donors (Lipinski definition) is 3. The summed E-state index contributed by atoms with van der Waals surface area (Å²) in [5.41, 5.74) is 0.541. The molecule has 1 aromatic rings. The van der Waals surface area contributed by atoms with E-state index in [9.17, 15) is 5.11 Å². The Hall–Kier alpha value is -0.530. The van der Waals surface area contributed by atoms with Crippen molar-refractivity contribution in [2.45, 2.75) is 37.7 Å². The zero-order chi connectivity index (χ0) is 14.5. The highest BCUT2D eigenvalue weighted by Crippen LogP contribution is 2.26. The third kappa shape index (κ3) is 4.23. The number of aliphatic hydroxyl groups is 1. The van der Waals surface area contributed by atoms with Gasteiger partial charge in [0, 0.05) is 37.5 Å². The molecule has 5 nitrogen and oxygen atoms in total. The van der Waals surface area contributed by atoms with Crippen molar-refractivity contribution in [3.05, 3.63) is 15.6 Å². The van der Waals surface area contributed by atoms with Gasteiger partial charge in [-0.15, -0.1) is 11.3 Å². The van der Waals surface area contributed by atoms with Gasteiger partial charge in [-0.25, -0.2) is 4.98 Å². The van der Waals surface area contributed by atoms with Crippen molar-refractivity contribution in [3.63, 3.8) is 0 Å². The van der Waals surface area contributed by atoms with Crippen LogP contribution in [0.3, 0.4) is 0 Å². The molecule has 21 heavy (non-hydrogen) atoms. The van der Waals surface area contributed by atoms with Crippen LogP contribution in [0.1, 0.15) is 28.4 Å². The van der Waals surface area contributed by atoms with E-state index in [0.717, 1.165) is 25.9 Å². The minimum absolute atomic E-state index is 0.401. The van der Waals surface area contributed by atoms with Crippen molar-refractivity contribution in [1.29, 1.82) is 0 Å². The van der Waals surface area contributed by atoms with E-state index in [-0.39, 0.29) is 0 Å². The second-order valence-corrected chi connectivity index (χ2v) is 7.23. The van der Waals surface area contributed by atoms with E-state index in [0.29, 0.717) is 26.3 Å². The van der Waals surface area contributed by atoms with Gasteiger partial charge in [-0.1, -0.05) is 0 Å². The first-order chi connectivity index (χ1) is 10.3. The van der Waals surface area contributed by atoms with Crippen LogP contribution in [0, 0.1) is 0 Å². The first-order valence-electron chi connectivity index (χ1n) is 7.94. The Morgan fingerprint density at radius 3 is 3.19 bits per heavy atom. The van der Waals surface area contributed by atoms with Crippen LogP contribution in [0.2, 0.25) is 0 Å². The maximum atomic E-state index is 10.4. The first kappa shape index (κ1) is 15.4. The van der Waals surface area contributed by atoms with Crippen LogP contribution < -0.4 is 10.6 Å².